The predicted octanol–water partition coefficient (Wildman–Crippen LogP) is 2.27. The fourth-order valence-corrected chi connectivity index (χ4v) is 5.64. The second-order valence-electron chi connectivity index (χ2n) is 10.5. The average Bonchev–Trinajstić information content (AvgIpc) is 3.46. The Kier molecular flexibility index (Phi) is 8.86. The zero-order valence-electron chi connectivity index (χ0n) is 21.9. The third-order valence-electron chi connectivity index (χ3n) is 6.62. The molecule has 0 radical (unpaired) electrons. The van der Waals surface area contributed by atoms with Crippen LogP contribution in [0.3, 0.4) is 0 Å². The molecule has 1 aromatic rings. The summed E-state index contributed by atoms with van der Waals surface area (Å²) < 4.78 is 41.8. The maximum atomic E-state index is 13.6. The van der Waals surface area contributed by atoms with Gasteiger partial charge in [0.25, 0.3) is 10.1 Å². The largest absolute Gasteiger partial charge is 0.480 e. The molecular weight excluding hydrogens is 504 g/mol. The molecular formula is C25H36N2O9S. The van der Waals surface area contributed by atoms with Crippen molar-refractivity contribution in [1.29, 1.82) is 0 Å². The van der Waals surface area contributed by atoms with Gasteiger partial charge in [-0.3, -0.25) is 8.98 Å². The number of rotatable bonds is 8. The van der Waals surface area contributed by atoms with Crippen LogP contribution in [-0.2, 0) is 33.4 Å². The van der Waals surface area contributed by atoms with Gasteiger partial charge in [0.1, 0.15) is 11.6 Å². The van der Waals surface area contributed by atoms with Crippen molar-refractivity contribution in [2.45, 2.75) is 63.1 Å². The summed E-state index contributed by atoms with van der Waals surface area (Å²) in [4.78, 5) is 41.0. The number of aryl methyl sites for hydroxylation is 1. The maximum Gasteiger partial charge on any atom is 0.410 e. The van der Waals surface area contributed by atoms with E-state index in [-0.39, 0.29) is 30.4 Å². The molecule has 2 fully saturated rings. The fraction of sp³-hybridized carbons (Fsp3) is 0.640. The van der Waals surface area contributed by atoms with Crippen LogP contribution in [0.1, 0.15) is 39.2 Å². The van der Waals surface area contributed by atoms with Crippen LogP contribution in [0.5, 0.6) is 0 Å². The molecule has 4 atom stereocenters. The van der Waals surface area contributed by atoms with Gasteiger partial charge >= 0.3 is 12.1 Å². The number of carbonyl (C=O) groups is 3. The maximum absolute atomic E-state index is 13.6. The van der Waals surface area contributed by atoms with Gasteiger partial charge in [0, 0.05) is 26.1 Å². The molecule has 12 heteroatoms. The number of nitrogens with zero attached hydrogens (tertiary/aromatic N) is 2. The van der Waals surface area contributed by atoms with Gasteiger partial charge in [-0.15, -0.1) is 0 Å². The van der Waals surface area contributed by atoms with Crippen molar-refractivity contribution in [2.75, 3.05) is 33.4 Å². The highest BCUT2D eigenvalue weighted by Gasteiger charge is 2.47. The minimum Gasteiger partial charge on any atom is -0.480 e. The molecule has 2 heterocycles. The van der Waals surface area contributed by atoms with E-state index < -0.39 is 58.3 Å². The van der Waals surface area contributed by atoms with E-state index in [1.54, 1.807) is 32.9 Å². The molecule has 1 aromatic carbocycles. The molecule has 0 saturated carbocycles. The summed E-state index contributed by atoms with van der Waals surface area (Å²) in [5.74, 6) is -2.91. The van der Waals surface area contributed by atoms with Crippen molar-refractivity contribution < 1.29 is 41.6 Å². The van der Waals surface area contributed by atoms with Crippen LogP contribution < -0.4 is 0 Å². The lowest BCUT2D eigenvalue weighted by Crippen LogP contribution is -2.52. The van der Waals surface area contributed by atoms with Gasteiger partial charge in [-0.05, 0) is 52.7 Å². The number of likely N-dealkylation sites (N-methyl/N-ethyl adjacent to an activating group) is 1. The molecule has 3 rings (SSSR count). The van der Waals surface area contributed by atoms with E-state index in [0.717, 1.165) is 5.56 Å². The van der Waals surface area contributed by atoms with E-state index in [1.165, 1.54) is 29.0 Å². The molecule has 0 unspecified atom stereocenters. The minimum atomic E-state index is -4.18. The van der Waals surface area contributed by atoms with Gasteiger partial charge in [-0.2, -0.15) is 8.42 Å². The van der Waals surface area contributed by atoms with Crippen LogP contribution in [0.25, 0.3) is 0 Å². The Hall–Kier alpha value is -2.70. The number of benzene rings is 1. The number of aliphatic carboxylic acids is 1. The number of carboxylic acids is 1. The predicted molar refractivity (Wildman–Crippen MR) is 132 cm³/mol. The normalized spacial score (nSPS) is 23.1. The number of carbonyl (C=O) groups excluding carboxylic acids is 2. The third kappa shape index (κ3) is 6.99. The Morgan fingerprint density at radius 3 is 2.38 bits per heavy atom. The lowest BCUT2D eigenvalue weighted by Gasteiger charge is -2.34. The van der Waals surface area contributed by atoms with Crippen molar-refractivity contribution in [2.24, 2.45) is 11.8 Å². The number of amides is 2. The number of carboxylic acid groups (broad SMARTS) is 1. The summed E-state index contributed by atoms with van der Waals surface area (Å²) in [5, 5.41) is 9.85. The van der Waals surface area contributed by atoms with E-state index in [2.05, 4.69) is 0 Å². The van der Waals surface area contributed by atoms with Crippen LogP contribution in [0.15, 0.2) is 29.2 Å². The SMILES string of the molecule is Cc1ccc(S(=O)(=O)OC[C@@H]2[C@@H](C(=O)N(C)[C@H](C(=O)O)[C@H]3CCOC3)CCN2C(=O)OC(C)(C)C)cc1. The van der Waals surface area contributed by atoms with Gasteiger partial charge < -0.3 is 24.4 Å². The molecule has 0 aliphatic carbocycles. The van der Waals surface area contributed by atoms with E-state index >= 15 is 0 Å². The Morgan fingerprint density at radius 2 is 1.84 bits per heavy atom. The molecule has 2 saturated heterocycles. The molecule has 1 N–H and O–H groups in total. The first-order valence-electron chi connectivity index (χ1n) is 12.2. The van der Waals surface area contributed by atoms with Crippen molar-refractivity contribution in [3.8, 4) is 0 Å². The Balaban J connectivity index is 1.85. The first kappa shape index (κ1) is 28.9. The second kappa shape index (κ2) is 11.4. The fourth-order valence-electron chi connectivity index (χ4n) is 4.71. The van der Waals surface area contributed by atoms with Crippen LogP contribution in [0.2, 0.25) is 0 Å². The van der Waals surface area contributed by atoms with Crippen molar-refractivity contribution in [3.63, 3.8) is 0 Å². The monoisotopic (exact) mass is 540 g/mol. The van der Waals surface area contributed by atoms with Gasteiger partial charge in [-0.25, -0.2) is 9.59 Å². The molecule has 2 aliphatic heterocycles. The van der Waals surface area contributed by atoms with Crippen LogP contribution >= 0.6 is 0 Å². The summed E-state index contributed by atoms with van der Waals surface area (Å²) in [5.41, 5.74) is 0.0619. The summed E-state index contributed by atoms with van der Waals surface area (Å²) in [6.45, 7) is 7.21. The number of hydrogen-bond acceptors (Lipinski definition) is 8. The second-order valence-corrected chi connectivity index (χ2v) is 12.2. The van der Waals surface area contributed by atoms with E-state index in [0.29, 0.717) is 13.0 Å². The van der Waals surface area contributed by atoms with Gasteiger partial charge in [0.05, 0.1) is 30.1 Å². The molecule has 37 heavy (non-hydrogen) atoms. The van der Waals surface area contributed by atoms with Gasteiger partial charge in [-0.1, -0.05) is 17.7 Å². The zero-order chi connectivity index (χ0) is 27.5. The lowest BCUT2D eigenvalue weighted by molar-refractivity contribution is -0.153. The van der Waals surface area contributed by atoms with Crippen molar-refractivity contribution in [1.82, 2.24) is 9.80 Å². The Morgan fingerprint density at radius 1 is 1.19 bits per heavy atom. The van der Waals surface area contributed by atoms with Crippen LogP contribution in [0.4, 0.5) is 4.79 Å². The van der Waals surface area contributed by atoms with E-state index in [4.69, 9.17) is 13.7 Å². The van der Waals surface area contributed by atoms with E-state index in [1.807, 2.05) is 6.92 Å². The first-order chi connectivity index (χ1) is 17.2. The van der Waals surface area contributed by atoms with Gasteiger partial charge in [0.2, 0.25) is 5.91 Å². The first-order valence-corrected chi connectivity index (χ1v) is 13.6. The Bertz CT molecular complexity index is 1090. The lowest BCUT2D eigenvalue weighted by atomic mass is 9.94. The average molecular weight is 541 g/mol. The molecule has 0 bridgehead atoms. The standard InChI is InChI=1S/C25H36N2O9S/c1-16-6-8-18(9-7-16)37(32,33)35-15-20-19(10-12-27(20)24(31)36-25(2,3)4)22(28)26(5)21(23(29)30)17-11-13-34-14-17/h6-9,17,19-21H,10-15H2,1-5H3,(H,29,30)/t17-,19-,20+,21-/m0/s1. The number of likely N-dealkylation sites (tertiary alicyclic amines) is 1. The summed E-state index contributed by atoms with van der Waals surface area (Å²) in [6.07, 6.45) is 0.00449. The summed E-state index contributed by atoms with van der Waals surface area (Å²) in [7, 11) is -2.76. The highest BCUT2D eigenvalue weighted by Crippen LogP contribution is 2.31. The molecule has 2 aliphatic rings. The van der Waals surface area contributed by atoms with Crippen molar-refractivity contribution >= 4 is 28.1 Å². The van der Waals surface area contributed by atoms with Crippen LogP contribution in [0, 0.1) is 18.8 Å². The number of hydrogen-bond donors (Lipinski definition) is 1. The van der Waals surface area contributed by atoms with E-state index in [9.17, 15) is 27.9 Å². The summed E-state index contributed by atoms with van der Waals surface area (Å²) >= 11 is 0. The van der Waals surface area contributed by atoms with Gasteiger partial charge in [0.15, 0.2) is 0 Å². The minimum absolute atomic E-state index is 0.0490. The molecule has 206 valence electrons. The zero-order valence-corrected chi connectivity index (χ0v) is 22.7. The summed E-state index contributed by atoms with van der Waals surface area (Å²) in [6, 6.07) is 4.03. The highest BCUT2D eigenvalue weighted by atomic mass is 32.2. The molecule has 2 amide bonds. The third-order valence-corrected chi connectivity index (χ3v) is 7.92. The molecule has 0 spiro atoms. The Labute approximate surface area is 217 Å². The number of ether oxygens (including phenoxy) is 2. The molecule has 11 nitrogen and oxygen atoms in total. The highest BCUT2D eigenvalue weighted by molar-refractivity contribution is 7.86. The topological polar surface area (TPSA) is 140 Å². The van der Waals surface area contributed by atoms with Crippen LogP contribution in [-0.4, -0.2) is 92.4 Å². The smallest absolute Gasteiger partial charge is 0.410 e. The molecule has 0 aromatic heterocycles. The van der Waals surface area contributed by atoms with Crippen molar-refractivity contribution in [3.05, 3.63) is 29.8 Å². The quantitative estimate of drug-likeness (QED) is 0.492.